The maximum Gasteiger partial charge on any atom is 0.198 e. The van der Waals surface area contributed by atoms with Crippen molar-refractivity contribution in [1.29, 1.82) is 0 Å². The molecule has 66 valence electrons. The Morgan fingerprint density at radius 3 is 3.00 bits per heavy atom. The summed E-state index contributed by atoms with van der Waals surface area (Å²) < 4.78 is 5.28. The summed E-state index contributed by atoms with van der Waals surface area (Å²) in [4.78, 5) is 6.52. The first-order chi connectivity index (χ1) is 5.77. The minimum atomic E-state index is 0.500. The first-order valence-electron chi connectivity index (χ1n) is 4.37. The third-order valence-corrected chi connectivity index (χ3v) is 2.69. The standard InChI is InChI=1S/C9H14N2O/c1-7-5-8(6-11(7)2)9-10-3-4-12-9/h3-4,7-8H,5-6H2,1-2H3/t7-,8+/m1/s1. The second-order valence-electron chi connectivity index (χ2n) is 3.59. The highest BCUT2D eigenvalue weighted by molar-refractivity contribution is 4.99. The molecule has 0 unspecified atom stereocenters. The van der Waals surface area contributed by atoms with E-state index in [0.29, 0.717) is 12.0 Å². The molecule has 0 bridgehead atoms. The molecule has 0 spiro atoms. The van der Waals surface area contributed by atoms with Crippen LogP contribution in [0.4, 0.5) is 0 Å². The van der Waals surface area contributed by atoms with Crippen molar-refractivity contribution in [3.8, 4) is 0 Å². The molecule has 1 saturated heterocycles. The minimum Gasteiger partial charge on any atom is -0.449 e. The summed E-state index contributed by atoms with van der Waals surface area (Å²) in [5.74, 6) is 1.39. The second kappa shape index (κ2) is 2.90. The second-order valence-corrected chi connectivity index (χ2v) is 3.59. The third kappa shape index (κ3) is 1.25. The molecule has 0 aliphatic carbocycles. The zero-order valence-corrected chi connectivity index (χ0v) is 7.53. The molecule has 12 heavy (non-hydrogen) atoms. The SMILES string of the molecule is C[C@@H]1C[C@H](c2ncco2)CN1C. The lowest BCUT2D eigenvalue weighted by Gasteiger charge is -2.12. The lowest BCUT2D eigenvalue weighted by Crippen LogP contribution is -2.21. The number of hydrogen-bond donors (Lipinski definition) is 0. The summed E-state index contributed by atoms with van der Waals surface area (Å²) in [7, 11) is 2.15. The fourth-order valence-corrected chi connectivity index (χ4v) is 1.81. The van der Waals surface area contributed by atoms with Crippen molar-refractivity contribution in [3.05, 3.63) is 18.4 Å². The molecule has 2 atom stereocenters. The number of likely N-dealkylation sites (N-methyl/N-ethyl adjacent to an activating group) is 1. The average molecular weight is 166 g/mol. The van der Waals surface area contributed by atoms with Gasteiger partial charge in [0, 0.05) is 18.5 Å². The van der Waals surface area contributed by atoms with Gasteiger partial charge < -0.3 is 9.32 Å². The molecule has 0 aromatic carbocycles. The summed E-state index contributed by atoms with van der Waals surface area (Å²) in [6.45, 7) is 3.31. The predicted molar refractivity (Wildman–Crippen MR) is 46.0 cm³/mol. The van der Waals surface area contributed by atoms with E-state index in [9.17, 15) is 0 Å². The molecule has 1 aliphatic heterocycles. The zero-order valence-electron chi connectivity index (χ0n) is 7.53. The van der Waals surface area contributed by atoms with Gasteiger partial charge in [-0.25, -0.2) is 4.98 Å². The molecule has 1 aromatic rings. The molecule has 0 saturated carbocycles. The number of aromatic nitrogens is 1. The Bertz CT molecular complexity index is 235. The van der Waals surface area contributed by atoms with Crippen LogP contribution in [0, 0.1) is 0 Å². The van der Waals surface area contributed by atoms with E-state index in [1.807, 2.05) is 0 Å². The van der Waals surface area contributed by atoms with Crippen LogP contribution < -0.4 is 0 Å². The molecule has 1 fully saturated rings. The molecule has 2 rings (SSSR count). The molecular weight excluding hydrogens is 152 g/mol. The van der Waals surface area contributed by atoms with Crippen LogP contribution >= 0.6 is 0 Å². The Labute approximate surface area is 72.4 Å². The zero-order chi connectivity index (χ0) is 8.55. The van der Waals surface area contributed by atoms with Gasteiger partial charge in [0.1, 0.15) is 6.26 Å². The maximum absolute atomic E-state index is 5.28. The molecule has 3 heteroatoms. The Hall–Kier alpha value is -0.830. The van der Waals surface area contributed by atoms with Crippen LogP contribution in [0.5, 0.6) is 0 Å². The van der Waals surface area contributed by atoms with E-state index < -0.39 is 0 Å². The van der Waals surface area contributed by atoms with Crippen LogP contribution in [-0.2, 0) is 0 Å². The van der Waals surface area contributed by atoms with Gasteiger partial charge in [-0.1, -0.05) is 0 Å². The predicted octanol–water partition coefficient (Wildman–Crippen LogP) is 1.48. The summed E-state index contributed by atoms with van der Waals surface area (Å²) in [5, 5.41) is 0. The quantitative estimate of drug-likeness (QED) is 0.633. The van der Waals surface area contributed by atoms with Gasteiger partial charge in [-0.3, -0.25) is 0 Å². The third-order valence-electron chi connectivity index (χ3n) is 2.69. The van der Waals surface area contributed by atoms with Crippen LogP contribution in [0.3, 0.4) is 0 Å². The molecule has 0 N–H and O–H groups in total. The van der Waals surface area contributed by atoms with Gasteiger partial charge in [-0.15, -0.1) is 0 Å². The van der Waals surface area contributed by atoms with E-state index in [1.165, 1.54) is 0 Å². The highest BCUT2D eigenvalue weighted by Crippen LogP contribution is 2.28. The summed E-state index contributed by atoms with van der Waals surface area (Å²) >= 11 is 0. The highest BCUT2D eigenvalue weighted by Gasteiger charge is 2.29. The molecule has 1 aliphatic rings. The number of likely N-dealkylation sites (tertiary alicyclic amines) is 1. The summed E-state index contributed by atoms with van der Waals surface area (Å²) in [6, 6.07) is 0.655. The molecular formula is C9H14N2O. The molecule has 3 nitrogen and oxygen atoms in total. The van der Waals surface area contributed by atoms with Crippen molar-refractivity contribution in [2.45, 2.75) is 25.3 Å². The number of rotatable bonds is 1. The fraction of sp³-hybridized carbons (Fsp3) is 0.667. The van der Waals surface area contributed by atoms with Crippen LogP contribution in [0.15, 0.2) is 16.9 Å². The lowest BCUT2D eigenvalue weighted by atomic mass is 10.1. The van der Waals surface area contributed by atoms with Gasteiger partial charge in [-0.2, -0.15) is 0 Å². The van der Waals surface area contributed by atoms with Crippen molar-refractivity contribution in [2.75, 3.05) is 13.6 Å². The molecule has 2 heterocycles. The Morgan fingerprint density at radius 1 is 1.67 bits per heavy atom. The fourth-order valence-electron chi connectivity index (χ4n) is 1.81. The number of oxazole rings is 1. The summed E-state index contributed by atoms with van der Waals surface area (Å²) in [5.41, 5.74) is 0. The highest BCUT2D eigenvalue weighted by atomic mass is 16.3. The van der Waals surface area contributed by atoms with Crippen LogP contribution in [0.25, 0.3) is 0 Å². The minimum absolute atomic E-state index is 0.500. The van der Waals surface area contributed by atoms with Crippen molar-refractivity contribution in [2.24, 2.45) is 0 Å². The Kier molecular flexibility index (Phi) is 1.89. The lowest BCUT2D eigenvalue weighted by molar-refractivity contribution is 0.326. The first kappa shape index (κ1) is 7.80. The summed E-state index contributed by atoms with van der Waals surface area (Å²) in [6.07, 6.45) is 4.54. The van der Waals surface area contributed by atoms with E-state index in [2.05, 4.69) is 23.9 Å². The smallest absolute Gasteiger partial charge is 0.198 e. The Balaban J connectivity index is 2.09. The van der Waals surface area contributed by atoms with Gasteiger partial charge >= 0.3 is 0 Å². The molecule has 0 radical (unpaired) electrons. The van der Waals surface area contributed by atoms with E-state index in [4.69, 9.17) is 4.42 Å². The van der Waals surface area contributed by atoms with E-state index in [1.54, 1.807) is 12.5 Å². The van der Waals surface area contributed by atoms with Crippen molar-refractivity contribution in [3.63, 3.8) is 0 Å². The number of hydrogen-bond acceptors (Lipinski definition) is 3. The topological polar surface area (TPSA) is 29.3 Å². The van der Waals surface area contributed by atoms with E-state index >= 15 is 0 Å². The van der Waals surface area contributed by atoms with Crippen molar-refractivity contribution in [1.82, 2.24) is 9.88 Å². The first-order valence-corrected chi connectivity index (χ1v) is 4.37. The van der Waals surface area contributed by atoms with Crippen LogP contribution in [0.2, 0.25) is 0 Å². The van der Waals surface area contributed by atoms with Gasteiger partial charge in [0.2, 0.25) is 0 Å². The molecule has 1 aromatic heterocycles. The number of nitrogens with zero attached hydrogens (tertiary/aromatic N) is 2. The Morgan fingerprint density at radius 2 is 2.50 bits per heavy atom. The molecule has 0 amide bonds. The largest absolute Gasteiger partial charge is 0.449 e. The van der Waals surface area contributed by atoms with E-state index in [0.717, 1.165) is 18.9 Å². The van der Waals surface area contributed by atoms with Crippen molar-refractivity contribution >= 4 is 0 Å². The van der Waals surface area contributed by atoms with Gasteiger partial charge in [0.25, 0.3) is 0 Å². The van der Waals surface area contributed by atoms with Gasteiger partial charge in [0.05, 0.1) is 6.20 Å². The van der Waals surface area contributed by atoms with Crippen LogP contribution in [0.1, 0.15) is 25.2 Å². The van der Waals surface area contributed by atoms with Gasteiger partial charge in [0.15, 0.2) is 5.89 Å². The van der Waals surface area contributed by atoms with Gasteiger partial charge in [-0.05, 0) is 20.4 Å². The average Bonchev–Trinajstić information content (AvgIpc) is 2.61. The van der Waals surface area contributed by atoms with Crippen molar-refractivity contribution < 1.29 is 4.42 Å². The van der Waals surface area contributed by atoms with Crippen LogP contribution in [-0.4, -0.2) is 29.5 Å². The normalized spacial score (nSPS) is 31.2. The van der Waals surface area contributed by atoms with E-state index in [-0.39, 0.29) is 0 Å². The maximum atomic E-state index is 5.28. The monoisotopic (exact) mass is 166 g/mol.